The van der Waals surface area contributed by atoms with Gasteiger partial charge >= 0.3 is 0 Å². The van der Waals surface area contributed by atoms with Crippen LogP contribution in [-0.4, -0.2) is 17.7 Å². The van der Waals surface area contributed by atoms with E-state index in [-0.39, 0.29) is 5.56 Å². The second kappa shape index (κ2) is 5.47. The highest BCUT2D eigenvalue weighted by Gasteiger charge is 2.14. The molecule has 16 heavy (non-hydrogen) atoms. The standard InChI is InChI=1S/C11H14Br2N2O/c12-9-4-10(13)11(16)15(7-9)6-8-2-1-3-14-5-8/h4,7-8,14H,1-3,5-6H2. The Bertz CT molecular complexity index is 424. The molecule has 1 aromatic heterocycles. The first-order chi connectivity index (χ1) is 7.66. The summed E-state index contributed by atoms with van der Waals surface area (Å²) in [6.07, 6.45) is 4.26. The van der Waals surface area contributed by atoms with Crippen LogP contribution in [0.1, 0.15) is 12.8 Å². The van der Waals surface area contributed by atoms with E-state index in [1.165, 1.54) is 12.8 Å². The summed E-state index contributed by atoms with van der Waals surface area (Å²) in [6, 6.07) is 1.79. The van der Waals surface area contributed by atoms with Crippen LogP contribution in [0.2, 0.25) is 0 Å². The van der Waals surface area contributed by atoms with Crippen molar-refractivity contribution in [2.24, 2.45) is 5.92 Å². The van der Waals surface area contributed by atoms with Crippen LogP contribution in [0, 0.1) is 5.92 Å². The van der Waals surface area contributed by atoms with Gasteiger partial charge in [-0.15, -0.1) is 0 Å². The van der Waals surface area contributed by atoms with E-state index in [1.807, 2.05) is 6.20 Å². The largest absolute Gasteiger partial charge is 0.316 e. The van der Waals surface area contributed by atoms with Gasteiger partial charge in [-0.2, -0.15) is 0 Å². The predicted molar refractivity (Wildman–Crippen MR) is 71.7 cm³/mol. The van der Waals surface area contributed by atoms with Crippen molar-refractivity contribution in [2.75, 3.05) is 13.1 Å². The molecule has 0 spiro atoms. The summed E-state index contributed by atoms with van der Waals surface area (Å²) in [5, 5.41) is 3.36. The molecular weight excluding hydrogens is 336 g/mol. The second-order valence-electron chi connectivity index (χ2n) is 4.18. The van der Waals surface area contributed by atoms with Crippen molar-refractivity contribution in [3.8, 4) is 0 Å². The second-order valence-corrected chi connectivity index (χ2v) is 5.95. The van der Waals surface area contributed by atoms with E-state index >= 15 is 0 Å². The van der Waals surface area contributed by atoms with Crippen molar-refractivity contribution < 1.29 is 0 Å². The Hall–Kier alpha value is -0.130. The van der Waals surface area contributed by atoms with Crippen LogP contribution in [0.3, 0.4) is 0 Å². The Morgan fingerprint density at radius 3 is 3.00 bits per heavy atom. The molecule has 0 aromatic carbocycles. The minimum absolute atomic E-state index is 0.0498. The van der Waals surface area contributed by atoms with Crippen molar-refractivity contribution >= 4 is 31.9 Å². The van der Waals surface area contributed by atoms with Crippen LogP contribution in [0.4, 0.5) is 0 Å². The fourth-order valence-corrected chi connectivity index (χ4v) is 3.32. The van der Waals surface area contributed by atoms with Gasteiger partial charge in [0, 0.05) is 17.2 Å². The summed E-state index contributed by atoms with van der Waals surface area (Å²) < 4.78 is 3.33. The number of halogens is 2. The maximum Gasteiger partial charge on any atom is 0.264 e. The zero-order chi connectivity index (χ0) is 11.5. The maximum atomic E-state index is 11.9. The zero-order valence-electron chi connectivity index (χ0n) is 8.88. The summed E-state index contributed by atoms with van der Waals surface area (Å²) in [5.74, 6) is 0.563. The molecule has 88 valence electrons. The van der Waals surface area contributed by atoms with Crippen molar-refractivity contribution in [1.29, 1.82) is 0 Å². The third-order valence-corrected chi connectivity index (χ3v) is 3.86. The van der Waals surface area contributed by atoms with Gasteiger partial charge in [0.05, 0.1) is 4.47 Å². The molecule has 1 fully saturated rings. The number of hydrogen-bond donors (Lipinski definition) is 1. The van der Waals surface area contributed by atoms with E-state index in [0.29, 0.717) is 10.4 Å². The van der Waals surface area contributed by atoms with Crippen LogP contribution in [0.5, 0.6) is 0 Å². The Labute approximate surface area is 111 Å². The Morgan fingerprint density at radius 1 is 1.50 bits per heavy atom. The predicted octanol–water partition coefficient (Wildman–Crippen LogP) is 2.37. The molecule has 0 saturated carbocycles. The highest BCUT2D eigenvalue weighted by Crippen LogP contribution is 2.16. The first kappa shape index (κ1) is 12.3. The van der Waals surface area contributed by atoms with Gasteiger partial charge in [0.25, 0.3) is 5.56 Å². The molecule has 1 saturated heterocycles. The van der Waals surface area contributed by atoms with Crippen molar-refractivity contribution in [3.05, 3.63) is 31.6 Å². The van der Waals surface area contributed by atoms with E-state index in [2.05, 4.69) is 37.2 Å². The average Bonchev–Trinajstić information content (AvgIpc) is 2.27. The molecular formula is C11H14Br2N2O. The molecule has 1 N–H and O–H groups in total. The molecule has 5 heteroatoms. The smallest absolute Gasteiger partial charge is 0.264 e. The molecule has 0 bridgehead atoms. The zero-order valence-corrected chi connectivity index (χ0v) is 12.1. The van der Waals surface area contributed by atoms with Crippen LogP contribution in [-0.2, 0) is 6.54 Å². The number of nitrogens with zero attached hydrogens (tertiary/aromatic N) is 1. The van der Waals surface area contributed by atoms with Crippen molar-refractivity contribution in [2.45, 2.75) is 19.4 Å². The lowest BCUT2D eigenvalue weighted by molar-refractivity contribution is 0.333. The van der Waals surface area contributed by atoms with E-state index in [4.69, 9.17) is 0 Å². The third-order valence-electron chi connectivity index (χ3n) is 2.86. The summed E-state index contributed by atoms with van der Waals surface area (Å²) in [4.78, 5) is 11.9. The van der Waals surface area contributed by atoms with E-state index < -0.39 is 0 Å². The lowest BCUT2D eigenvalue weighted by atomic mass is 10.00. The normalized spacial score (nSPS) is 21.0. The van der Waals surface area contributed by atoms with Crippen LogP contribution in [0.25, 0.3) is 0 Å². The summed E-state index contributed by atoms with van der Waals surface area (Å²) in [6.45, 7) is 2.91. The van der Waals surface area contributed by atoms with Gasteiger partial charge in [-0.1, -0.05) is 0 Å². The van der Waals surface area contributed by atoms with Gasteiger partial charge in [0.2, 0.25) is 0 Å². The molecule has 1 aliphatic rings. The number of pyridine rings is 1. The summed E-state index contributed by atoms with van der Waals surface area (Å²) in [7, 11) is 0. The molecule has 3 nitrogen and oxygen atoms in total. The topological polar surface area (TPSA) is 34.0 Å². The lowest BCUT2D eigenvalue weighted by Gasteiger charge is -2.23. The van der Waals surface area contributed by atoms with Crippen molar-refractivity contribution in [1.82, 2.24) is 9.88 Å². The fourth-order valence-electron chi connectivity index (χ4n) is 2.06. The number of hydrogen-bond acceptors (Lipinski definition) is 2. The van der Waals surface area contributed by atoms with Gasteiger partial charge in [-0.25, -0.2) is 0 Å². The number of rotatable bonds is 2. The first-order valence-electron chi connectivity index (χ1n) is 5.43. The molecule has 1 atom stereocenters. The van der Waals surface area contributed by atoms with Crippen LogP contribution in [0.15, 0.2) is 26.0 Å². The fraction of sp³-hybridized carbons (Fsp3) is 0.545. The minimum atomic E-state index is 0.0498. The van der Waals surface area contributed by atoms with Crippen molar-refractivity contribution in [3.63, 3.8) is 0 Å². The monoisotopic (exact) mass is 348 g/mol. The van der Waals surface area contributed by atoms with Gasteiger partial charge in [0.15, 0.2) is 0 Å². The molecule has 0 amide bonds. The number of nitrogens with one attached hydrogen (secondary N) is 1. The highest BCUT2D eigenvalue weighted by atomic mass is 79.9. The third kappa shape index (κ3) is 2.96. The summed E-state index contributed by atoms with van der Waals surface area (Å²) in [5.41, 5.74) is 0.0498. The molecule has 0 radical (unpaired) electrons. The molecule has 0 aliphatic carbocycles. The summed E-state index contributed by atoms with van der Waals surface area (Å²) >= 11 is 6.69. The molecule has 2 heterocycles. The molecule has 1 unspecified atom stereocenters. The number of piperidine rings is 1. The Kier molecular flexibility index (Phi) is 4.21. The Morgan fingerprint density at radius 2 is 2.31 bits per heavy atom. The molecule has 2 rings (SSSR count). The number of aromatic nitrogens is 1. The van der Waals surface area contributed by atoms with Gasteiger partial charge < -0.3 is 9.88 Å². The van der Waals surface area contributed by atoms with Gasteiger partial charge in [0.1, 0.15) is 0 Å². The molecule has 1 aromatic rings. The average molecular weight is 350 g/mol. The van der Waals surface area contributed by atoms with E-state index in [9.17, 15) is 4.79 Å². The maximum absolute atomic E-state index is 11.9. The van der Waals surface area contributed by atoms with Crippen LogP contribution >= 0.6 is 31.9 Å². The lowest BCUT2D eigenvalue weighted by Crippen LogP contribution is -2.34. The SMILES string of the molecule is O=c1c(Br)cc(Br)cn1CC1CCCNC1. The first-order valence-corrected chi connectivity index (χ1v) is 7.01. The Balaban J connectivity index is 2.17. The highest BCUT2D eigenvalue weighted by molar-refractivity contribution is 9.11. The van der Waals surface area contributed by atoms with Crippen LogP contribution < -0.4 is 10.9 Å². The minimum Gasteiger partial charge on any atom is -0.316 e. The molecule has 1 aliphatic heterocycles. The van der Waals surface area contributed by atoms with Gasteiger partial charge in [-0.3, -0.25) is 4.79 Å². The van der Waals surface area contributed by atoms with E-state index in [1.54, 1.807) is 10.6 Å². The quantitative estimate of drug-likeness (QED) is 0.889. The van der Waals surface area contributed by atoms with E-state index in [0.717, 1.165) is 24.1 Å². The van der Waals surface area contributed by atoms with Gasteiger partial charge in [-0.05, 0) is 69.8 Å².